The number of thiophene rings is 1. The Hall–Kier alpha value is -2.67. The molecule has 2 aliphatic rings. The first-order valence-electron chi connectivity index (χ1n) is 12.1. The Morgan fingerprint density at radius 1 is 1.18 bits per heavy atom. The molecule has 0 radical (unpaired) electrons. The first-order valence-corrected chi connectivity index (χ1v) is 13.0. The van der Waals surface area contributed by atoms with Crippen molar-refractivity contribution >= 4 is 33.4 Å². The maximum absolute atomic E-state index is 12.9. The quantitative estimate of drug-likeness (QED) is 0.577. The lowest BCUT2D eigenvalue weighted by molar-refractivity contribution is -0.126. The predicted molar refractivity (Wildman–Crippen MR) is 135 cm³/mol. The van der Waals surface area contributed by atoms with Crippen LogP contribution in [0.4, 0.5) is 5.95 Å². The highest BCUT2D eigenvalue weighted by molar-refractivity contribution is 7.17. The number of hydrogen-bond acceptors (Lipinski definition) is 5. The average Bonchev–Trinajstić information content (AvgIpc) is 3.25. The van der Waals surface area contributed by atoms with Crippen LogP contribution in [0, 0.1) is 18.8 Å². The summed E-state index contributed by atoms with van der Waals surface area (Å²) < 4.78 is 0.658. The van der Waals surface area contributed by atoms with E-state index in [-0.39, 0.29) is 17.4 Å². The molecule has 7 heteroatoms. The van der Waals surface area contributed by atoms with E-state index in [2.05, 4.69) is 47.2 Å². The molecule has 5 rings (SSSR count). The smallest absolute Gasteiger partial charge is 0.270 e. The molecule has 6 nitrogen and oxygen atoms in total. The molecule has 3 heterocycles. The fourth-order valence-corrected chi connectivity index (χ4v) is 6.18. The fraction of sp³-hybridized carbons (Fsp3) is 0.500. The monoisotopic (exact) mass is 464 g/mol. The maximum Gasteiger partial charge on any atom is 0.270 e. The van der Waals surface area contributed by atoms with Crippen LogP contribution in [0.2, 0.25) is 0 Å². The molecule has 2 N–H and O–H groups in total. The summed E-state index contributed by atoms with van der Waals surface area (Å²) in [5.74, 6) is 1.41. The first-order chi connectivity index (χ1) is 16.0. The standard InChI is InChI=1S/C26H32N4O2S/c1-16-6-5-8-19(14-16)20-15-33-23-22(20)28-26(29-25(23)32)30-12-10-18(11-13-30)24(31)27-21-9-4-3-7-17(21)2/h5-6,8,14-15,17-18,21H,3-4,7,9-13H2,1-2H3,(H,27,31)(H,28,29,32)/t17-,21+/m1/s1. The molecule has 1 saturated heterocycles. The number of nitrogens with zero attached hydrogens (tertiary/aromatic N) is 2. The van der Waals surface area contributed by atoms with Gasteiger partial charge in [-0.3, -0.25) is 14.6 Å². The van der Waals surface area contributed by atoms with Crippen LogP contribution in [0.15, 0.2) is 34.4 Å². The first kappa shape index (κ1) is 22.1. The minimum atomic E-state index is -0.0925. The molecule has 2 aromatic heterocycles. The van der Waals surface area contributed by atoms with Crippen LogP contribution < -0.4 is 15.8 Å². The molecule has 2 atom stereocenters. The summed E-state index contributed by atoms with van der Waals surface area (Å²) in [6.45, 7) is 5.76. The van der Waals surface area contributed by atoms with E-state index in [4.69, 9.17) is 4.98 Å². The van der Waals surface area contributed by atoms with Crippen molar-refractivity contribution in [3.8, 4) is 11.1 Å². The fourth-order valence-electron chi connectivity index (χ4n) is 5.27. The Balaban J connectivity index is 1.31. The number of carbonyl (C=O) groups excluding carboxylic acids is 1. The number of piperidine rings is 1. The Labute approximate surface area is 198 Å². The summed E-state index contributed by atoms with van der Waals surface area (Å²) in [5.41, 5.74) is 3.93. The maximum atomic E-state index is 12.9. The van der Waals surface area contributed by atoms with E-state index < -0.39 is 0 Å². The molecule has 0 unspecified atom stereocenters. The number of hydrogen-bond donors (Lipinski definition) is 2. The van der Waals surface area contributed by atoms with Crippen molar-refractivity contribution in [3.05, 3.63) is 45.6 Å². The summed E-state index contributed by atoms with van der Waals surface area (Å²) in [5, 5.41) is 5.35. The summed E-state index contributed by atoms with van der Waals surface area (Å²) in [6, 6.07) is 8.61. The third-order valence-electron chi connectivity index (χ3n) is 7.35. The summed E-state index contributed by atoms with van der Waals surface area (Å²) in [7, 11) is 0. The molecular weight excluding hydrogens is 432 g/mol. The highest BCUT2D eigenvalue weighted by Gasteiger charge is 2.30. The van der Waals surface area contributed by atoms with Crippen LogP contribution in [0.25, 0.3) is 21.3 Å². The zero-order valence-corrected chi connectivity index (χ0v) is 20.2. The number of fused-ring (bicyclic) bond motifs is 1. The van der Waals surface area contributed by atoms with Crippen molar-refractivity contribution in [3.63, 3.8) is 0 Å². The van der Waals surface area contributed by atoms with Gasteiger partial charge in [0, 0.05) is 36.0 Å². The van der Waals surface area contributed by atoms with Crippen LogP contribution in [0.1, 0.15) is 51.0 Å². The van der Waals surface area contributed by atoms with Gasteiger partial charge < -0.3 is 10.2 Å². The van der Waals surface area contributed by atoms with E-state index in [1.807, 2.05) is 11.4 Å². The molecule has 1 amide bonds. The van der Waals surface area contributed by atoms with Gasteiger partial charge in [-0.2, -0.15) is 0 Å². The van der Waals surface area contributed by atoms with Crippen LogP contribution in [0.3, 0.4) is 0 Å². The van der Waals surface area contributed by atoms with Gasteiger partial charge in [-0.05, 0) is 44.1 Å². The summed E-state index contributed by atoms with van der Waals surface area (Å²) >= 11 is 1.44. The van der Waals surface area contributed by atoms with E-state index in [0.29, 0.717) is 22.6 Å². The second kappa shape index (κ2) is 9.29. The normalized spacial score (nSPS) is 21.9. The van der Waals surface area contributed by atoms with Gasteiger partial charge in [-0.15, -0.1) is 11.3 Å². The molecule has 0 bridgehead atoms. The van der Waals surface area contributed by atoms with Crippen molar-refractivity contribution in [1.29, 1.82) is 0 Å². The number of benzene rings is 1. The Morgan fingerprint density at radius 3 is 2.73 bits per heavy atom. The Bertz CT molecular complexity index is 1210. The molecule has 1 aromatic carbocycles. The Morgan fingerprint density at radius 2 is 1.97 bits per heavy atom. The van der Waals surface area contributed by atoms with Gasteiger partial charge in [0.05, 0.1) is 5.52 Å². The highest BCUT2D eigenvalue weighted by Crippen LogP contribution is 2.33. The van der Waals surface area contributed by atoms with E-state index >= 15 is 0 Å². The average molecular weight is 465 g/mol. The van der Waals surface area contributed by atoms with E-state index in [0.717, 1.165) is 49.0 Å². The Kier molecular flexibility index (Phi) is 6.23. The van der Waals surface area contributed by atoms with Gasteiger partial charge >= 0.3 is 0 Å². The molecule has 1 aliphatic heterocycles. The highest BCUT2D eigenvalue weighted by atomic mass is 32.1. The van der Waals surface area contributed by atoms with Crippen molar-refractivity contribution in [2.75, 3.05) is 18.0 Å². The molecule has 1 aliphatic carbocycles. The van der Waals surface area contributed by atoms with Gasteiger partial charge in [0.2, 0.25) is 11.9 Å². The van der Waals surface area contributed by atoms with Crippen LogP contribution in [-0.4, -0.2) is 35.0 Å². The van der Waals surface area contributed by atoms with E-state index in [1.165, 1.54) is 36.2 Å². The number of aromatic nitrogens is 2. The second-order valence-corrected chi connectivity index (χ2v) is 10.6. The van der Waals surface area contributed by atoms with Crippen molar-refractivity contribution in [2.24, 2.45) is 11.8 Å². The number of aromatic amines is 1. The van der Waals surface area contributed by atoms with Gasteiger partial charge in [-0.25, -0.2) is 4.98 Å². The van der Waals surface area contributed by atoms with Gasteiger partial charge in [0.15, 0.2) is 0 Å². The zero-order chi connectivity index (χ0) is 22.9. The largest absolute Gasteiger partial charge is 0.353 e. The summed E-state index contributed by atoms with van der Waals surface area (Å²) in [6.07, 6.45) is 6.35. The molecule has 3 aromatic rings. The van der Waals surface area contributed by atoms with E-state index in [9.17, 15) is 9.59 Å². The molecular formula is C26H32N4O2S. The number of nitrogens with one attached hydrogen (secondary N) is 2. The third-order valence-corrected chi connectivity index (χ3v) is 8.32. The SMILES string of the molecule is Cc1cccc(-c2csc3c(=O)[nH]c(N4CCC(C(=O)N[C@H]5CCCC[C@H]5C)CC4)nc23)c1. The van der Waals surface area contributed by atoms with Crippen LogP contribution in [0.5, 0.6) is 0 Å². The molecule has 2 fully saturated rings. The predicted octanol–water partition coefficient (Wildman–Crippen LogP) is 4.87. The van der Waals surface area contributed by atoms with Crippen molar-refractivity contribution in [1.82, 2.24) is 15.3 Å². The molecule has 1 saturated carbocycles. The number of anilines is 1. The van der Waals surface area contributed by atoms with Crippen LogP contribution >= 0.6 is 11.3 Å². The lowest BCUT2D eigenvalue weighted by atomic mass is 9.85. The van der Waals surface area contributed by atoms with Crippen molar-refractivity contribution < 1.29 is 4.79 Å². The second-order valence-electron chi connectivity index (χ2n) is 9.72. The number of aryl methyl sites for hydroxylation is 1. The topological polar surface area (TPSA) is 78.1 Å². The third kappa shape index (κ3) is 4.56. The zero-order valence-electron chi connectivity index (χ0n) is 19.4. The molecule has 174 valence electrons. The van der Waals surface area contributed by atoms with Gasteiger partial charge in [-0.1, -0.05) is 49.6 Å². The molecule has 0 spiro atoms. The number of amides is 1. The van der Waals surface area contributed by atoms with Gasteiger partial charge in [0.1, 0.15) is 4.70 Å². The van der Waals surface area contributed by atoms with Crippen molar-refractivity contribution in [2.45, 2.75) is 58.4 Å². The van der Waals surface area contributed by atoms with Crippen LogP contribution in [-0.2, 0) is 4.79 Å². The minimum Gasteiger partial charge on any atom is -0.353 e. The van der Waals surface area contributed by atoms with Gasteiger partial charge in [0.25, 0.3) is 5.56 Å². The molecule has 33 heavy (non-hydrogen) atoms. The lowest BCUT2D eigenvalue weighted by Gasteiger charge is -2.34. The minimum absolute atomic E-state index is 0.0369. The lowest BCUT2D eigenvalue weighted by Crippen LogP contribution is -2.47. The number of rotatable bonds is 4. The van der Waals surface area contributed by atoms with E-state index in [1.54, 1.807) is 0 Å². The number of H-pyrrole nitrogens is 1. The number of carbonyl (C=O) groups is 1. The summed E-state index contributed by atoms with van der Waals surface area (Å²) in [4.78, 5) is 35.7.